The largest absolute Gasteiger partial charge is 0.386 e. The molecule has 0 radical (unpaired) electrons. The minimum atomic E-state index is -1.20. The van der Waals surface area contributed by atoms with Gasteiger partial charge in [-0.2, -0.15) is 0 Å². The highest BCUT2D eigenvalue weighted by Crippen LogP contribution is 2.62. The van der Waals surface area contributed by atoms with E-state index in [9.17, 15) is 14.7 Å². The second-order valence-electron chi connectivity index (χ2n) is 13.0. The molecule has 1 spiro atoms. The number of aliphatic hydroxyl groups is 1. The van der Waals surface area contributed by atoms with E-state index in [1.807, 2.05) is 97.1 Å². The summed E-state index contributed by atoms with van der Waals surface area (Å²) in [5, 5.41) is 16.6. The van der Waals surface area contributed by atoms with Crippen LogP contribution in [0.25, 0.3) is 0 Å². The summed E-state index contributed by atoms with van der Waals surface area (Å²) in [6, 6.07) is 30.4. The monoisotopic (exact) mass is 655 g/mol. The van der Waals surface area contributed by atoms with Crippen molar-refractivity contribution in [3.63, 3.8) is 0 Å². The zero-order valence-electron chi connectivity index (χ0n) is 26.4. The maximum Gasteiger partial charge on any atom is 0.240 e. The van der Waals surface area contributed by atoms with Crippen LogP contribution in [0, 0.1) is 5.92 Å². The van der Waals surface area contributed by atoms with E-state index in [1.54, 1.807) is 25.1 Å². The zero-order valence-corrected chi connectivity index (χ0v) is 27.9. The predicted molar refractivity (Wildman–Crippen MR) is 184 cm³/mol. The van der Waals surface area contributed by atoms with Crippen molar-refractivity contribution in [1.29, 1.82) is 0 Å². The lowest BCUT2D eigenvalue weighted by atomic mass is 9.63. The number of nitrogens with one attached hydrogen (secondary N) is 1. The van der Waals surface area contributed by atoms with Crippen LogP contribution in [-0.2, 0) is 15.0 Å². The minimum Gasteiger partial charge on any atom is -0.386 e. The van der Waals surface area contributed by atoms with Crippen LogP contribution in [0.15, 0.2) is 103 Å². The number of fused-ring (bicyclic) bond motifs is 2. The molecule has 6 atom stereocenters. The summed E-state index contributed by atoms with van der Waals surface area (Å²) in [6.07, 6.45) is -0.423. The van der Waals surface area contributed by atoms with Crippen LogP contribution in [0.2, 0.25) is 10.0 Å². The van der Waals surface area contributed by atoms with E-state index in [0.29, 0.717) is 22.2 Å². The van der Waals surface area contributed by atoms with Crippen molar-refractivity contribution in [2.75, 3.05) is 19.4 Å². The van der Waals surface area contributed by atoms with E-state index in [4.69, 9.17) is 23.2 Å². The van der Waals surface area contributed by atoms with Crippen molar-refractivity contribution in [2.24, 2.45) is 5.92 Å². The summed E-state index contributed by atoms with van der Waals surface area (Å²) in [5.74, 6) is -0.810. The number of aliphatic hydroxyl groups excluding tert-OH is 1. The number of carbonyl (C=O) groups excluding carboxylic acids is 2. The van der Waals surface area contributed by atoms with E-state index < -0.39 is 35.6 Å². The van der Waals surface area contributed by atoms with E-state index >= 15 is 0 Å². The zero-order chi connectivity index (χ0) is 32.7. The Morgan fingerprint density at radius 2 is 1.48 bits per heavy atom. The first-order valence-corrected chi connectivity index (χ1v) is 16.4. The Labute approximate surface area is 280 Å². The highest BCUT2D eigenvalue weighted by Gasteiger charge is 2.70. The van der Waals surface area contributed by atoms with Crippen molar-refractivity contribution < 1.29 is 14.7 Å². The fraction of sp³-hybridized carbons (Fsp3) is 0.316. The Morgan fingerprint density at radius 1 is 0.891 bits per heavy atom. The molecule has 4 aromatic carbocycles. The summed E-state index contributed by atoms with van der Waals surface area (Å²) in [5.41, 5.74) is 2.64. The molecule has 2 N–H and O–H groups in total. The lowest BCUT2D eigenvalue weighted by molar-refractivity contribution is -0.136. The third-order valence-corrected chi connectivity index (χ3v) is 10.1. The SMILES string of the molecule is CC(C)CC1N(C(c2ccccc2)C(O)c2ccccc2)C(C(=O)N(C)C)C(c2ccc(Cl)cc2)C12C(=O)Nc1cc(Cl)ccc12. The van der Waals surface area contributed by atoms with Gasteiger partial charge in [-0.15, -0.1) is 0 Å². The number of carbonyl (C=O) groups is 2. The number of amides is 2. The first-order valence-electron chi connectivity index (χ1n) is 15.7. The van der Waals surface area contributed by atoms with Crippen molar-refractivity contribution in [3.05, 3.63) is 135 Å². The lowest BCUT2D eigenvalue weighted by Gasteiger charge is -2.43. The quantitative estimate of drug-likeness (QED) is 0.205. The molecule has 6 rings (SSSR count). The molecule has 2 heterocycles. The van der Waals surface area contributed by atoms with Crippen molar-refractivity contribution in [1.82, 2.24) is 9.80 Å². The van der Waals surface area contributed by atoms with Gasteiger partial charge in [-0.25, -0.2) is 0 Å². The van der Waals surface area contributed by atoms with Crippen LogP contribution in [0.3, 0.4) is 0 Å². The Kier molecular flexibility index (Phi) is 9.01. The number of anilines is 1. The number of nitrogens with zero attached hydrogens (tertiary/aromatic N) is 2. The molecule has 238 valence electrons. The third-order valence-electron chi connectivity index (χ3n) is 9.58. The molecule has 2 amide bonds. The summed E-state index contributed by atoms with van der Waals surface area (Å²) in [7, 11) is 3.49. The summed E-state index contributed by atoms with van der Waals surface area (Å²) < 4.78 is 0. The molecule has 2 aliphatic heterocycles. The number of hydrogen-bond donors (Lipinski definition) is 2. The Morgan fingerprint density at radius 3 is 2.07 bits per heavy atom. The molecule has 0 bridgehead atoms. The van der Waals surface area contributed by atoms with Gasteiger partial charge in [0.15, 0.2) is 0 Å². The van der Waals surface area contributed by atoms with Gasteiger partial charge in [0.25, 0.3) is 0 Å². The Bertz CT molecular complexity index is 1710. The Hall–Kier alpha value is -3.68. The molecular weight excluding hydrogens is 617 g/mol. The van der Waals surface area contributed by atoms with Gasteiger partial charge in [0.05, 0.1) is 18.2 Å². The predicted octanol–water partition coefficient (Wildman–Crippen LogP) is 7.63. The molecule has 1 fully saturated rings. The van der Waals surface area contributed by atoms with Crippen LogP contribution in [0.1, 0.15) is 60.6 Å². The first-order chi connectivity index (χ1) is 22.0. The van der Waals surface area contributed by atoms with Crippen LogP contribution in [0.5, 0.6) is 0 Å². The van der Waals surface area contributed by atoms with E-state index in [-0.39, 0.29) is 17.7 Å². The average molecular weight is 657 g/mol. The topological polar surface area (TPSA) is 72.9 Å². The van der Waals surface area contributed by atoms with Gasteiger partial charge in [-0.05, 0) is 58.9 Å². The Balaban J connectivity index is 1.72. The molecule has 4 aromatic rings. The fourth-order valence-electron chi connectivity index (χ4n) is 7.80. The lowest BCUT2D eigenvalue weighted by Crippen LogP contribution is -2.52. The van der Waals surface area contributed by atoms with E-state index in [2.05, 4.69) is 24.1 Å². The van der Waals surface area contributed by atoms with Gasteiger partial charge in [-0.1, -0.05) is 116 Å². The fourth-order valence-corrected chi connectivity index (χ4v) is 8.09. The number of rotatable bonds is 8. The molecule has 0 aromatic heterocycles. The standard InChI is InChI=1S/C38H39Cl2N3O3/c1-23(2)21-31-38(29-20-19-28(40)22-30(29)41-37(38)46)32(24-15-17-27(39)18-16-24)34(36(45)42(3)4)43(31)33(25-11-7-5-8-12-25)35(44)26-13-9-6-10-14-26/h5-20,22-23,31-35,44H,21H2,1-4H3,(H,41,46). The molecule has 2 aliphatic rings. The number of likely N-dealkylation sites (tertiary alicyclic amines) is 1. The smallest absolute Gasteiger partial charge is 0.240 e. The van der Waals surface area contributed by atoms with Gasteiger partial charge >= 0.3 is 0 Å². The van der Waals surface area contributed by atoms with Crippen molar-refractivity contribution in [2.45, 2.75) is 55.8 Å². The average Bonchev–Trinajstić information content (AvgIpc) is 3.48. The maximum atomic E-state index is 14.9. The second kappa shape index (κ2) is 12.8. The second-order valence-corrected chi connectivity index (χ2v) is 13.9. The maximum absolute atomic E-state index is 14.9. The highest BCUT2D eigenvalue weighted by atomic mass is 35.5. The number of likely N-dealkylation sites (N-methyl/N-ethyl adjacent to an activating group) is 1. The van der Waals surface area contributed by atoms with Crippen molar-refractivity contribution in [3.8, 4) is 0 Å². The molecule has 0 saturated carbocycles. The highest BCUT2D eigenvalue weighted by molar-refractivity contribution is 6.31. The van der Waals surface area contributed by atoms with Gasteiger partial charge in [0.2, 0.25) is 11.8 Å². The molecular formula is C38H39Cl2N3O3. The van der Waals surface area contributed by atoms with Crippen LogP contribution < -0.4 is 5.32 Å². The van der Waals surface area contributed by atoms with Gasteiger partial charge in [0.1, 0.15) is 5.41 Å². The van der Waals surface area contributed by atoms with Crippen LogP contribution >= 0.6 is 23.2 Å². The van der Waals surface area contributed by atoms with Gasteiger partial charge in [-0.3, -0.25) is 14.5 Å². The van der Waals surface area contributed by atoms with E-state index in [1.165, 1.54) is 0 Å². The van der Waals surface area contributed by atoms with Crippen LogP contribution in [-0.4, -0.2) is 52.9 Å². The van der Waals surface area contributed by atoms with Crippen LogP contribution in [0.4, 0.5) is 5.69 Å². The normalized spacial score (nSPS) is 23.7. The first kappa shape index (κ1) is 32.3. The number of benzene rings is 4. The van der Waals surface area contributed by atoms with Gasteiger partial charge in [0, 0.05) is 41.8 Å². The van der Waals surface area contributed by atoms with Gasteiger partial charge < -0.3 is 15.3 Å². The molecule has 1 saturated heterocycles. The molecule has 8 heteroatoms. The molecule has 6 unspecified atom stereocenters. The molecule has 0 aliphatic carbocycles. The van der Waals surface area contributed by atoms with Crippen molar-refractivity contribution >= 4 is 40.7 Å². The third kappa shape index (κ3) is 5.41. The summed E-state index contributed by atoms with van der Waals surface area (Å²) in [6.45, 7) is 4.26. The summed E-state index contributed by atoms with van der Waals surface area (Å²) in [4.78, 5) is 33.4. The number of halogens is 2. The molecule has 46 heavy (non-hydrogen) atoms. The van der Waals surface area contributed by atoms with E-state index in [0.717, 1.165) is 22.3 Å². The summed E-state index contributed by atoms with van der Waals surface area (Å²) >= 11 is 12.9. The molecule has 6 nitrogen and oxygen atoms in total. The number of hydrogen-bond acceptors (Lipinski definition) is 4. The minimum absolute atomic E-state index is 0.151.